The Labute approximate surface area is 362 Å². The van der Waals surface area contributed by atoms with E-state index < -0.39 is 34.9 Å². The summed E-state index contributed by atoms with van der Waals surface area (Å²) in [5, 5.41) is 3.31. The molecule has 2 aliphatic rings. The van der Waals surface area contributed by atoms with Gasteiger partial charge < -0.3 is 33.1 Å². The van der Waals surface area contributed by atoms with Crippen LogP contribution >= 0.6 is 0 Å². The number of benzene rings is 3. The van der Waals surface area contributed by atoms with Gasteiger partial charge in [-0.3, -0.25) is 4.85 Å². The van der Waals surface area contributed by atoms with E-state index in [9.17, 15) is 4.79 Å². The number of hydrogen-bond donors (Lipinski definition) is 1. The van der Waals surface area contributed by atoms with E-state index in [2.05, 4.69) is 107 Å². The van der Waals surface area contributed by atoms with E-state index in [-0.39, 0.29) is 28.7 Å². The van der Waals surface area contributed by atoms with Crippen LogP contribution in [-0.4, -0.2) is 93.1 Å². The number of rotatable bonds is 17. The van der Waals surface area contributed by atoms with Crippen molar-refractivity contribution in [3.8, 4) is 28.4 Å². The predicted molar refractivity (Wildman–Crippen MR) is 247 cm³/mol. The SMILES string of the molecule is [C-]#[N+]C(C(Cc1cc(O[Si](C)(C)C(C)(C)C)c(OC)c(C)c1OC)NC(=O)OCC1c2ccccc2-c2ccccc21)N1CCO[C@@H](CCCCO[Si](C)(C)C(C)(C)C)C1. The summed E-state index contributed by atoms with van der Waals surface area (Å²) in [6.07, 6.45) is 1.79. The zero-order chi connectivity index (χ0) is 44.0. The Morgan fingerprint density at radius 2 is 1.52 bits per heavy atom. The lowest BCUT2D eigenvalue weighted by Gasteiger charge is -2.37. The van der Waals surface area contributed by atoms with Crippen molar-refractivity contribution in [2.24, 2.45) is 0 Å². The topological polar surface area (TPSA) is 92.1 Å². The highest BCUT2D eigenvalue weighted by Crippen LogP contribution is 2.46. The number of amides is 1. The molecule has 0 saturated carbocycles. The van der Waals surface area contributed by atoms with Gasteiger partial charge >= 0.3 is 6.09 Å². The molecule has 1 aliphatic carbocycles. The number of nitrogens with one attached hydrogen (secondary N) is 1. The maximum Gasteiger partial charge on any atom is 0.407 e. The first-order valence-corrected chi connectivity index (χ1v) is 27.5. The van der Waals surface area contributed by atoms with E-state index in [1.807, 2.05) is 37.3 Å². The van der Waals surface area contributed by atoms with Crippen LogP contribution in [-0.2, 0) is 20.3 Å². The second-order valence-corrected chi connectivity index (χ2v) is 29.0. The molecule has 1 fully saturated rings. The number of nitrogens with zero attached hydrogens (tertiary/aromatic N) is 2. The van der Waals surface area contributed by atoms with Crippen molar-refractivity contribution < 1.29 is 32.6 Å². The average molecular weight is 858 g/mol. The second kappa shape index (κ2) is 19.5. The van der Waals surface area contributed by atoms with Crippen LogP contribution in [0.1, 0.15) is 89.0 Å². The molecule has 1 saturated heterocycles. The number of ether oxygens (including phenoxy) is 4. The molecule has 1 aliphatic heterocycles. The van der Waals surface area contributed by atoms with Crippen LogP contribution in [0.3, 0.4) is 0 Å². The number of morpholine rings is 1. The van der Waals surface area contributed by atoms with Gasteiger partial charge in [0.1, 0.15) is 24.1 Å². The molecule has 60 heavy (non-hydrogen) atoms. The zero-order valence-electron chi connectivity index (χ0n) is 38.6. The highest BCUT2D eigenvalue weighted by Gasteiger charge is 2.42. The Morgan fingerprint density at radius 3 is 2.08 bits per heavy atom. The van der Waals surface area contributed by atoms with Gasteiger partial charge in [0.15, 0.2) is 14.1 Å². The van der Waals surface area contributed by atoms with Crippen LogP contribution in [0.15, 0.2) is 54.6 Å². The molecule has 2 unspecified atom stereocenters. The van der Waals surface area contributed by atoms with E-state index in [1.165, 1.54) is 0 Å². The lowest BCUT2D eigenvalue weighted by molar-refractivity contribution is -0.0459. The molecule has 5 rings (SSSR count). The Kier molecular flexibility index (Phi) is 15.3. The first kappa shape index (κ1) is 47.2. The number of carbonyl (C=O) groups excluding carboxylic acids is 1. The van der Waals surface area contributed by atoms with Crippen LogP contribution in [0.5, 0.6) is 17.2 Å². The maximum absolute atomic E-state index is 14.1. The van der Waals surface area contributed by atoms with Crippen LogP contribution in [0, 0.1) is 13.5 Å². The fourth-order valence-corrected chi connectivity index (χ4v) is 9.97. The minimum Gasteiger partial charge on any atom is -0.541 e. The number of fused-ring (bicyclic) bond motifs is 3. The van der Waals surface area contributed by atoms with E-state index >= 15 is 0 Å². The molecule has 3 aromatic rings. The molecule has 1 amide bonds. The maximum atomic E-state index is 14.1. The molecule has 10 nitrogen and oxygen atoms in total. The molecule has 0 spiro atoms. The molecule has 1 N–H and O–H groups in total. The van der Waals surface area contributed by atoms with E-state index in [1.54, 1.807) is 14.2 Å². The van der Waals surface area contributed by atoms with Crippen molar-refractivity contribution in [1.82, 2.24) is 10.2 Å². The van der Waals surface area contributed by atoms with Crippen LogP contribution < -0.4 is 19.2 Å². The fraction of sp³-hybridized carbons (Fsp3) is 0.583. The van der Waals surface area contributed by atoms with Gasteiger partial charge in [0, 0.05) is 43.2 Å². The van der Waals surface area contributed by atoms with Crippen molar-refractivity contribution in [3.05, 3.63) is 88.3 Å². The van der Waals surface area contributed by atoms with Gasteiger partial charge in [-0.15, -0.1) is 0 Å². The van der Waals surface area contributed by atoms with Gasteiger partial charge in [0.2, 0.25) is 0 Å². The Balaban J connectivity index is 1.40. The first-order chi connectivity index (χ1) is 28.2. The third kappa shape index (κ3) is 10.8. The van der Waals surface area contributed by atoms with Crippen molar-refractivity contribution in [1.29, 1.82) is 0 Å². The number of unbranched alkanes of at least 4 members (excludes halogenated alkanes) is 1. The van der Waals surface area contributed by atoms with Gasteiger partial charge in [-0.2, -0.15) is 0 Å². The summed E-state index contributed by atoms with van der Waals surface area (Å²) >= 11 is 0. The van der Waals surface area contributed by atoms with Gasteiger partial charge in [-0.25, -0.2) is 16.3 Å². The normalized spacial score (nSPS) is 17.2. The van der Waals surface area contributed by atoms with Crippen molar-refractivity contribution in [2.45, 2.75) is 135 Å². The van der Waals surface area contributed by atoms with Crippen LogP contribution in [0.2, 0.25) is 36.3 Å². The number of carbonyl (C=O) groups is 1. The summed E-state index contributed by atoms with van der Waals surface area (Å²) in [5.41, 5.74) is 6.22. The summed E-state index contributed by atoms with van der Waals surface area (Å²) in [7, 11) is -0.812. The quantitative estimate of drug-likeness (QED) is 0.0815. The minimum absolute atomic E-state index is 0.0340. The van der Waals surface area contributed by atoms with Crippen molar-refractivity contribution >= 4 is 22.7 Å². The third-order valence-corrected chi connectivity index (χ3v) is 22.3. The molecule has 328 valence electrons. The Hall–Kier alpha value is -3.87. The molecular formula is C48H71N3O7Si2. The Morgan fingerprint density at radius 1 is 0.917 bits per heavy atom. The summed E-state index contributed by atoms with van der Waals surface area (Å²) in [5.74, 6) is 1.80. The fourth-order valence-electron chi connectivity index (χ4n) is 7.87. The Bertz CT molecular complexity index is 1940. The van der Waals surface area contributed by atoms with Gasteiger partial charge in [0.05, 0.1) is 26.9 Å². The molecular weight excluding hydrogens is 787 g/mol. The molecule has 1 heterocycles. The number of methoxy groups -OCH3 is 2. The van der Waals surface area contributed by atoms with Crippen molar-refractivity contribution in [3.63, 3.8) is 0 Å². The lowest BCUT2D eigenvalue weighted by Crippen LogP contribution is -2.56. The number of hydrogen-bond acceptors (Lipinski definition) is 8. The summed E-state index contributed by atoms with van der Waals surface area (Å²) in [6, 6.07) is 17.9. The van der Waals surface area contributed by atoms with Crippen LogP contribution in [0.25, 0.3) is 16.0 Å². The summed E-state index contributed by atoms with van der Waals surface area (Å²) in [6.45, 7) is 35.5. The van der Waals surface area contributed by atoms with Crippen LogP contribution in [0.4, 0.5) is 4.79 Å². The highest BCUT2D eigenvalue weighted by atomic mass is 28.4. The minimum atomic E-state index is -2.29. The molecule has 0 aromatic heterocycles. The first-order valence-electron chi connectivity index (χ1n) is 21.6. The summed E-state index contributed by atoms with van der Waals surface area (Å²) < 4.78 is 37.7. The highest BCUT2D eigenvalue weighted by molar-refractivity contribution is 6.75. The lowest BCUT2D eigenvalue weighted by atomic mass is 9.98. The van der Waals surface area contributed by atoms with Gasteiger partial charge in [0.25, 0.3) is 14.5 Å². The second-order valence-electron chi connectivity index (χ2n) is 19.5. The van der Waals surface area contributed by atoms with Crippen molar-refractivity contribution in [2.75, 3.05) is 47.1 Å². The van der Waals surface area contributed by atoms with E-state index in [4.69, 9.17) is 34.4 Å². The number of alkyl carbamates (subject to hydrolysis) is 1. The molecule has 3 atom stereocenters. The van der Waals surface area contributed by atoms with Gasteiger partial charge in [-0.1, -0.05) is 90.1 Å². The molecule has 12 heteroatoms. The average Bonchev–Trinajstić information content (AvgIpc) is 3.50. The monoisotopic (exact) mass is 857 g/mol. The molecule has 3 aromatic carbocycles. The predicted octanol–water partition coefficient (Wildman–Crippen LogP) is 11.0. The zero-order valence-corrected chi connectivity index (χ0v) is 40.6. The van der Waals surface area contributed by atoms with E-state index in [0.29, 0.717) is 43.4 Å². The van der Waals surface area contributed by atoms with E-state index in [0.717, 1.165) is 59.3 Å². The smallest absolute Gasteiger partial charge is 0.407 e. The summed E-state index contributed by atoms with van der Waals surface area (Å²) in [4.78, 5) is 20.4. The van der Waals surface area contributed by atoms with Gasteiger partial charge in [-0.05, 0) is 90.8 Å². The molecule has 0 radical (unpaired) electrons. The molecule has 0 bridgehead atoms. The third-order valence-electron chi connectivity index (χ3n) is 13.4. The largest absolute Gasteiger partial charge is 0.541 e. The standard InChI is InChI=1S/C48H71N3O7Si2/c1-33-43(53-9)34(30-42(44(33)54-10)58-60(13,14)48(5,6)7)29-41(50-46(52)56-32-40-38-24-17-15-22-36(38)37-23-16-18-25-39(37)40)45(49-8)51-26-28-55-35(31-51)21-19-20-27-57-59(11,12)47(2,3)4/h15-18,22-25,30,35,40-41,45H,19-21,26-29,31-32H2,1-7,9-14H3,(H,50,52)/t35-,41?,45?/m0/s1.